The number of ether oxygens (including phenoxy) is 3. The summed E-state index contributed by atoms with van der Waals surface area (Å²) in [4.78, 5) is 26.8. The van der Waals surface area contributed by atoms with Crippen LogP contribution in [-0.4, -0.2) is 63.9 Å². The predicted octanol–water partition coefficient (Wildman–Crippen LogP) is 4.06. The van der Waals surface area contributed by atoms with Gasteiger partial charge < -0.3 is 24.1 Å². The van der Waals surface area contributed by atoms with Crippen molar-refractivity contribution in [1.82, 2.24) is 25.1 Å². The number of para-hydroxylation sites is 2. The molecule has 0 spiro atoms. The molecule has 1 aliphatic rings. The highest BCUT2D eigenvalue weighted by atomic mass is 32.2. The number of hydrogen-bond donors (Lipinski definition) is 1. The number of hydrazone groups is 1. The number of nitrogens with zero attached hydrogens (tertiary/aromatic N) is 5. The molecule has 42 heavy (non-hydrogen) atoms. The number of methoxy groups -OCH3 is 2. The molecule has 4 aromatic rings. The van der Waals surface area contributed by atoms with Gasteiger partial charge in [-0.1, -0.05) is 48.2 Å². The molecule has 2 aromatic heterocycles. The fourth-order valence-corrected chi connectivity index (χ4v) is 5.96. The first-order valence-electron chi connectivity index (χ1n) is 13.1. The van der Waals surface area contributed by atoms with Crippen molar-refractivity contribution in [2.45, 2.75) is 24.2 Å². The Hall–Kier alpha value is -4.36. The van der Waals surface area contributed by atoms with Crippen LogP contribution in [0.1, 0.15) is 28.7 Å². The van der Waals surface area contributed by atoms with Gasteiger partial charge >= 0.3 is 0 Å². The van der Waals surface area contributed by atoms with E-state index in [4.69, 9.17) is 19.3 Å². The van der Waals surface area contributed by atoms with Crippen molar-refractivity contribution in [1.29, 1.82) is 0 Å². The van der Waals surface area contributed by atoms with Gasteiger partial charge in [0, 0.05) is 19.0 Å². The first-order valence-corrected chi connectivity index (χ1v) is 14.9. The fourth-order valence-electron chi connectivity index (χ4n) is 4.46. The molecule has 0 aliphatic carbocycles. The number of nitrogens with one attached hydrogen (secondary N) is 1. The van der Waals surface area contributed by atoms with E-state index in [2.05, 4.69) is 15.5 Å². The Bertz CT molecular complexity index is 1560. The average Bonchev–Trinajstić information content (AvgIpc) is 3.78. The Kier molecular flexibility index (Phi) is 9.39. The minimum atomic E-state index is -0.358. The van der Waals surface area contributed by atoms with E-state index in [1.807, 2.05) is 53.9 Å². The van der Waals surface area contributed by atoms with E-state index < -0.39 is 0 Å². The summed E-state index contributed by atoms with van der Waals surface area (Å²) in [6, 6.07) is 18.4. The fraction of sp³-hybridized carbons (Fsp3) is 0.276. The van der Waals surface area contributed by atoms with E-state index in [9.17, 15) is 9.59 Å². The Morgan fingerprint density at radius 3 is 2.62 bits per heavy atom. The molecule has 2 amide bonds. The quantitative estimate of drug-likeness (QED) is 0.240. The third-order valence-electron chi connectivity index (χ3n) is 6.57. The molecular formula is C29H30N6O5S2. The number of thioether (sulfide) groups is 1. The average molecular weight is 607 g/mol. The molecule has 1 atom stereocenters. The summed E-state index contributed by atoms with van der Waals surface area (Å²) in [5.74, 6) is 1.96. The lowest BCUT2D eigenvalue weighted by Crippen LogP contribution is -2.29. The molecule has 0 saturated carbocycles. The van der Waals surface area contributed by atoms with Crippen LogP contribution in [0.4, 0.5) is 0 Å². The van der Waals surface area contributed by atoms with Crippen molar-refractivity contribution >= 4 is 40.6 Å². The van der Waals surface area contributed by atoms with E-state index in [0.717, 1.165) is 16.2 Å². The first-order chi connectivity index (χ1) is 20.5. The highest BCUT2D eigenvalue weighted by molar-refractivity contribution is 7.99. The zero-order valence-electron chi connectivity index (χ0n) is 23.4. The number of benzene rings is 2. The summed E-state index contributed by atoms with van der Waals surface area (Å²) >= 11 is 2.84. The Labute approximate surface area is 251 Å². The van der Waals surface area contributed by atoms with Gasteiger partial charge in [-0.05, 0) is 29.6 Å². The number of carbonyl (C=O) groups is 2. The summed E-state index contributed by atoms with van der Waals surface area (Å²) in [5.41, 5.74) is 1.66. The van der Waals surface area contributed by atoms with Crippen LogP contribution in [0.5, 0.6) is 17.2 Å². The second-order valence-corrected chi connectivity index (χ2v) is 11.1. The molecule has 1 aliphatic heterocycles. The second-order valence-electron chi connectivity index (χ2n) is 9.19. The SMILES string of the molecule is COc1cccc(C2CC(c3cccs3)=NN2C(=O)CSc2nnc(CNC(=O)COc3ccccc3)n2C)c1OC. The first kappa shape index (κ1) is 29.1. The number of carbonyl (C=O) groups excluding carboxylic acids is 2. The van der Waals surface area contributed by atoms with Crippen LogP contribution in [0.15, 0.2) is 76.3 Å². The van der Waals surface area contributed by atoms with Gasteiger partial charge in [0.15, 0.2) is 29.1 Å². The van der Waals surface area contributed by atoms with Crippen LogP contribution >= 0.6 is 23.1 Å². The molecule has 0 radical (unpaired) electrons. The van der Waals surface area contributed by atoms with Crippen LogP contribution in [0, 0.1) is 0 Å². The van der Waals surface area contributed by atoms with E-state index in [1.165, 1.54) is 16.8 Å². The van der Waals surface area contributed by atoms with Gasteiger partial charge in [0.1, 0.15) is 5.75 Å². The van der Waals surface area contributed by atoms with Gasteiger partial charge in [0.05, 0.1) is 43.1 Å². The topological polar surface area (TPSA) is 120 Å². The predicted molar refractivity (Wildman–Crippen MR) is 160 cm³/mol. The van der Waals surface area contributed by atoms with Crippen molar-refractivity contribution in [3.05, 3.63) is 82.3 Å². The monoisotopic (exact) mass is 606 g/mol. The normalized spacial score (nSPS) is 14.4. The van der Waals surface area contributed by atoms with Gasteiger partial charge in [-0.25, -0.2) is 5.01 Å². The lowest BCUT2D eigenvalue weighted by molar-refractivity contribution is -0.130. The maximum atomic E-state index is 13.6. The lowest BCUT2D eigenvalue weighted by atomic mass is 9.99. The summed E-state index contributed by atoms with van der Waals surface area (Å²) in [5, 5.41) is 20.0. The molecule has 0 bridgehead atoms. The Morgan fingerprint density at radius 2 is 1.88 bits per heavy atom. The smallest absolute Gasteiger partial charge is 0.258 e. The third-order valence-corrected chi connectivity index (χ3v) is 8.49. The minimum absolute atomic E-state index is 0.0905. The van der Waals surface area contributed by atoms with Crippen molar-refractivity contribution in [3.63, 3.8) is 0 Å². The molecule has 1 N–H and O–H groups in total. The summed E-state index contributed by atoms with van der Waals surface area (Å²) < 4.78 is 18.4. The third kappa shape index (κ3) is 6.58. The standard InChI is InChI=1S/C29H30N6O5S2/c1-34-25(16-30-26(36)17-40-19-9-5-4-6-10-19)31-32-29(34)42-18-27(37)35-22(15-21(33-35)24-13-8-14-41-24)20-11-7-12-23(38-2)28(20)39-3/h4-14,22H,15-18H2,1-3H3,(H,30,36). The van der Waals surface area contributed by atoms with Gasteiger partial charge in [-0.2, -0.15) is 5.10 Å². The zero-order valence-corrected chi connectivity index (χ0v) is 25.0. The lowest BCUT2D eigenvalue weighted by Gasteiger charge is -2.24. The van der Waals surface area contributed by atoms with Crippen LogP contribution in [-0.2, 0) is 23.2 Å². The van der Waals surface area contributed by atoms with Crippen LogP contribution in [0.2, 0.25) is 0 Å². The minimum Gasteiger partial charge on any atom is -0.493 e. The molecule has 5 rings (SSSR count). The number of aromatic nitrogens is 3. The maximum Gasteiger partial charge on any atom is 0.258 e. The molecule has 13 heteroatoms. The highest BCUT2D eigenvalue weighted by Crippen LogP contribution is 2.42. The van der Waals surface area contributed by atoms with E-state index in [-0.39, 0.29) is 36.8 Å². The number of hydrogen-bond acceptors (Lipinski definition) is 10. The number of thiophene rings is 1. The second kappa shape index (κ2) is 13.5. The summed E-state index contributed by atoms with van der Waals surface area (Å²) in [6.07, 6.45) is 0.544. The number of amides is 2. The van der Waals surface area contributed by atoms with Crippen molar-refractivity contribution in [3.8, 4) is 17.2 Å². The van der Waals surface area contributed by atoms with E-state index >= 15 is 0 Å². The molecule has 3 heterocycles. The molecule has 2 aromatic carbocycles. The van der Waals surface area contributed by atoms with Crippen LogP contribution in [0.25, 0.3) is 0 Å². The van der Waals surface area contributed by atoms with Crippen molar-refractivity contribution < 1.29 is 23.8 Å². The zero-order chi connectivity index (χ0) is 29.5. The van der Waals surface area contributed by atoms with Gasteiger partial charge in [-0.3, -0.25) is 9.59 Å². The molecule has 1 unspecified atom stereocenters. The Balaban J connectivity index is 1.24. The Morgan fingerprint density at radius 1 is 1.05 bits per heavy atom. The van der Waals surface area contributed by atoms with Gasteiger partial charge in [0.25, 0.3) is 11.8 Å². The largest absolute Gasteiger partial charge is 0.493 e. The number of rotatable bonds is 12. The molecule has 0 saturated heterocycles. The molecule has 0 fully saturated rings. The van der Waals surface area contributed by atoms with Gasteiger partial charge in [-0.15, -0.1) is 21.5 Å². The summed E-state index contributed by atoms with van der Waals surface area (Å²) in [6.45, 7) is 0.0638. The molecule has 218 valence electrons. The van der Waals surface area contributed by atoms with Crippen LogP contribution in [0.3, 0.4) is 0 Å². The highest BCUT2D eigenvalue weighted by Gasteiger charge is 2.36. The molecule has 11 nitrogen and oxygen atoms in total. The summed E-state index contributed by atoms with van der Waals surface area (Å²) in [7, 11) is 4.97. The van der Waals surface area contributed by atoms with Crippen molar-refractivity contribution in [2.75, 3.05) is 26.6 Å². The van der Waals surface area contributed by atoms with Crippen molar-refractivity contribution in [2.24, 2.45) is 12.1 Å². The van der Waals surface area contributed by atoms with Gasteiger partial charge in [0.2, 0.25) is 0 Å². The van der Waals surface area contributed by atoms with E-state index in [0.29, 0.717) is 34.7 Å². The molecular weight excluding hydrogens is 576 g/mol. The van der Waals surface area contributed by atoms with Crippen LogP contribution < -0.4 is 19.5 Å². The maximum absolute atomic E-state index is 13.6. The van der Waals surface area contributed by atoms with E-state index in [1.54, 1.807) is 49.3 Å².